The van der Waals surface area contributed by atoms with Gasteiger partial charge in [-0.3, -0.25) is 10.2 Å². The first kappa shape index (κ1) is 14.1. The summed E-state index contributed by atoms with van der Waals surface area (Å²) < 4.78 is 5.65. The molecule has 1 aliphatic heterocycles. The number of benzene rings is 1. The number of nitrogens with two attached hydrogens (primary N) is 2. The summed E-state index contributed by atoms with van der Waals surface area (Å²) in [7, 11) is 0. The normalized spacial score (nSPS) is 16.1. The van der Waals surface area contributed by atoms with E-state index in [0.29, 0.717) is 24.3 Å². The number of aromatic amines is 1. The lowest BCUT2D eigenvalue weighted by molar-refractivity contribution is 0.0994. The van der Waals surface area contributed by atoms with E-state index in [1.807, 2.05) is 12.1 Å². The van der Waals surface area contributed by atoms with Gasteiger partial charge in [0.2, 0.25) is 0 Å². The van der Waals surface area contributed by atoms with Crippen molar-refractivity contribution in [3.8, 4) is 5.75 Å². The molecule has 2 aromatic rings. The molecule has 22 heavy (non-hydrogen) atoms. The van der Waals surface area contributed by atoms with Crippen LogP contribution in [0.3, 0.4) is 0 Å². The van der Waals surface area contributed by atoms with Gasteiger partial charge < -0.3 is 16.2 Å². The summed E-state index contributed by atoms with van der Waals surface area (Å²) in [6, 6.07) is 5.48. The first-order valence-electron chi connectivity index (χ1n) is 6.87. The Morgan fingerprint density at radius 2 is 2.23 bits per heavy atom. The van der Waals surface area contributed by atoms with Crippen LogP contribution in [0.15, 0.2) is 18.2 Å². The quantitative estimate of drug-likeness (QED) is 0.463. The number of primary amides is 1. The van der Waals surface area contributed by atoms with Gasteiger partial charge in [0.15, 0.2) is 5.69 Å². The number of hydrogen-bond acceptors (Lipinski definition) is 5. The van der Waals surface area contributed by atoms with E-state index in [0.717, 1.165) is 17.7 Å². The minimum Gasteiger partial charge on any atom is -0.493 e. The fourth-order valence-corrected chi connectivity index (χ4v) is 2.62. The number of amidine groups is 1. The molecule has 0 spiro atoms. The molecule has 0 radical (unpaired) electrons. The summed E-state index contributed by atoms with van der Waals surface area (Å²) in [6.07, 6.45) is 1.30. The molecule has 0 aliphatic carbocycles. The molecule has 114 valence electrons. The van der Waals surface area contributed by atoms with Crippen LogP contribution >= 0.6 is 0 Å². The van der Waals surface area contributed by atoms with Gasteiger partial charge in [-0.2, -0.15) is 15.4 Å². The smallest absolute Gasteiger partial charge is 0.271 e. The molecule has 0 bridgehead atoms. The first-order valence-corrected chi connectivity index (χ1v) is 6.87. The van der Waals surface area contributed by atoms with Gasteiger partial charge in [-0.1, -0.05) is 0 Å². The Bertz CT molecular complexity index is 739. The van der Waals surface area contributed by atoms with Crippen LogP contribution in [-0.2, 0) is 6.42 Å². The lowest BCUT2D eigenvalue weighted by atomic mass is 9.93. The maximum Gasteiger partial charge on any atom is 0.271 e. The van der Waals surface area contributed by atoms with Crippen LogP contribution in [0.2, 0.25) is 0 Å². The summed E-state index contributed by atoms with van der Waals surface area (Å²) in [5.74, 6) is 0.406. The second-order valence-electron chi connectivity index (χ2n) is 5.20. The number of rotatable bonds is 5. The van der Waals surface area contributed by atoms with Crippen molar-refractivity contribution in [2.24, 2.45) is 11.5 Å². The lowest BCUT2D eigenvalue weighted by Gasteiger charge is -2.09. The molecule has 8 heteroatoms. The number of aromatic nitrogens is 3. The number of amides is 1. The largest absolute Gasteiger partial charge is 0.493 e. The highest BCUT2D eigenvalue weighted by Gasteiger charge is 2.25. The van der Waals surface area contributed by atoms with Crippen molar-refractivity contribution in [3.63, 3.8) is 0 Å². The minimum absolute atomic E-state index is 0.0287. The number of H-pyrrole nitrogens is 1. The van der Waals surface area contributed by atoms with Gasteiger partial charge in [-0.05, 0) is 31.0 Å². The molecule has 1 unspecified atom stereocenters. The van der Waals surface area contributed by atoms with Gasteiger partial charge in [-0.25, -0.2) is 0 Å². The number of hydrogen-bond donors (Lipinski definition) is 4. The van der Waals surface area contributed by atoms with Crippen molar-refractivity contribution >= 4 is 11.7 Å². The number of carbonyl (C=O) groups is 1. The van der Waals surface area contributed by atoms with E-state index in [4.69, 9.17) is 21.6 Å². The molecule has 6 N–H and O–H groups in total. The number of nitrogens with one attached hydrogen (secondary N) is 2. The molecule has 0 fully saturated rings. The van der Waals surface area contributed by atoms with Crippen LogP contribution < -0.4 is 16.2 Å². The Kier molecular flexibility index (Phi) is 3.50. The zero-order chi connectivity index (χ0) is 15.7. The number of nitrogen functional groups attached to an aromatic ring is 1. The van der Waals surface area contributed by atoms with Gasteiger partial charge in [0.25, 0.3) is 5.91 Å². The zero-order valence-corrected chi connectivity index (χ0v) is 11.8. The highest BCUT2D eigenvalue weighted by atomic mass is 16.5. The van der Waals surface area contributed by atoms with Gasteiger partial charge in [-0.15, -0.1) is 0 Å². The molecule has 1 atom stereocenters. The fraction of sp³-hybridized carbons (Fsp3) is 0.286. The zero-order valence-electron chi connectivity index (χ0n) is 11.8. The third-order valence-electron chi connectivity index (χ3n) is 3.78. The van der Waals surface area contributed by atoms with E-state index in [2.05, 4.69) is 15.4 Å². The Morgan fingerprint density at radius 3 is 2.95 bits per heavy atom. The minimum atomic E-state index is -0.592. The maximum atomic E-state index is 11.2. The molecular formula is C14H16N6O2. The highest BCUT2D eigenvalue weighted by Crippen LogP contribution is 2.37. The maximum absolute atomic E-state index is 11.2. The Labute approximate surface area is 126 Å². The van der Waals surface area contributed by atoms with Crippen LogP contribution in [0.4, 0.5) is 0 Å². The van der Waals surface area contributed by atoms with E-state index < -0.39 is 5.91 Å². The van der Waals surface area contributed by atoms with Crippen molar-refractivity contribution in [2.45, 2.75) is 18.8 Å². The van der Waals surface area contributed by atoms with Crippen LogP contribution in [0.25, 0.3) is 0 Å². The molecule has 0 saturated heterocycles. The average Bonchev–Trinajstić information content (AvgIpc) is 3.11. The van der Waals surface area contributed by atoms with E-state index >= 15 is 0 Å². The van der Waals surface area contributed by atoms with Gasteiger partial charge in [0.1, 0.15) is 11.6 Å². The van der Waals surface area contributed by atoms with E-state index in [1.165, 1.54) is 0 Å². The summed E-state index contributed by atoms with van der Waals surface area (Å²) in [5, 5.41) is 17.7. The Balaban J connectivity index is 1.76. The predicted molar refractivity (Wildman–Crippen MR) is 78.9 cm³/mol. The van der Waals surface area contributed by atoms with Crippen LogP contribution in [-0.4, -0.2) is 33.8 Å². The highest BCUT2D eigenvalue weighted by molar-refractivity contribution is 5.95. The van der Waals surface area contributed by atoms with Gasteiger partial charge >= 0.3 is 0 Å². The fourth-order valence-electron chi connectivity index (χ4n) is 2.62. The standard InChI is InChI=1S/C14H16N6O2/c15-13(16)7-2-4-11-9(5-7)8(6-22-11)1-3-10-12(14(17)21)19-20-18-10/h2,4-5,8H,1,3,6H2,(H3,15,16)(H2,17,21)(H,18,19,20). The second kappa shape index (κ2) is 5.47. The van der Waals surface area contributed by atoms with Crippen molar-refractivity contribution in [1.82, 2.24) is 15.4 Å². The van der Waals surface area contributed by atoms with Gasteiger partial charge in [0, 0.05) is 17.0 Å². The summed E-state index contributed by atoms with van der Waals surface area (Å²) >= 11 is 0. The van der Waals surface area contributed by atoms with Crippen LogP contribution in [0, 0.1) is 5.41 Å². The topological polar surface area (TPSA) is 144 Å². The molecule has 8 nitrogen and oxygen atoms in total. The van der Waals surface area contributed by atoms with Crippen LogP contribution in [0.5, 0.6) is 5.75 Å². The third-order valence-corrected chi connectivity index (χ3v) is 3.78. The number of ether oxygens (including phenoxy) is 1. The third kappa shape index (κ3) is 2.50. The van der Waals surface area contributed by atoms with Crippen LogP contribution in [0.1, 0.15) is 39.6 Å². The second-order valence-corrected chi connectivity index (χ2v) is 5.20. The molecule has 2 heterocycles. The monoisotopic (exact) mass is 300 g/mol. The Morgan fingerprint density at radius 1 is 1.41 bits per heavy atom. The van der Waals surface area contributed by atoms with Crippen molar-refractivity contribution in [2.75, 3.05) is 6.61 Å². The molecule has 1 amide bonds. The lowest BCUT2D eigenvalue weighted by Crippen LogP contribution is -2.14. The van der Waals surface area contributed by atoms with E-state index in [-0.39, 0.29) is 17.4 Å². The summed E-state index contributed by atoms with van der Waals surface area (Å²) in [5.41, 5.74) is 13.2. The molecule has 0 saturated carbocycles. The number of fused-ring (bicyclic) bond motifs is 1. The van der Waals surface area contributed by atoms with Crippen molar-refractivity contribution in [3.05, 3.63) is 40.7 Å². The first-order chi connectivity index (χ1) is 10.6. The SMILES string of the molecule is N=C(N)c1ccc2c(c1)C(CCc1n[nH]nc1C(N)=O)CO2. The number of aryl methyl sites for hydroxylation is 1. The number of nitrogens with zero attached hydrogens (tertiary/aromatic N) is 2. The van der Waals surface area contributed by atoms with E-state index in [1.54, 1.807) is 6.07 Å². The van der Waals surface area contributed by atoms with E-state index in [9.17, 15) is 4.79 Å². The molecular weight excluding hydrogens is 284 g/mol. The average molecular weight is 300 g/mol. The summed E-state index contributed by atoms with van der Waals surface area (Å²) in [4.78, 5) is 11.2. The van der Waals surface area contributed by atoms with Crippen molar-refractivity contribution in [1.29, 1.82) is 5.41 Å². The molecule has 1 aromatic heterocycles. The Hall–Kier alpha value is -2.90. The van der Waals surface area contributed by atoms with Gasteiger partial charge in [0.05, 0.1) is 12.3 Å². The predicted octanol–water partition coefficient (Wildman–Crippen LogP) is 0.296. The number of carbonyl (C=O) groups excluding carboxylic acids is 1. The molecule has 1 aliphatic rings. The molecule has 1 aromatic carbocycles. The summed E-state index contributed by atoms with van der Waals surface area (Å²) in [6.45, 7) is 0.556. The van der Waals surface area contributed by atoms with Crippen molar-refractivity contribution < 1.29 is 9.53 Å². The molecule has 3 rings (SSSR count).